The zero-order valence-electron chi connectivity index (χ0n) is 17.3. The molecule has 1 spiro atoms. The molecule has 3 nitrogen and oxygen atoms in total. The molecule has 0 aromatic carbocycles. The lowest BCUT2D eigenvalue weighted by atomic mass is 9.88. The monoisotopic (exact) mass is 345 g/mol. The summed E-state index contributed by atoms with van der Waals surface area (Å²) in [6.07, 6.45) is 6.55. The summed E-state index contributed by atoms with van der Waals surface area (Å²) < 4.78 is 0. The predicted octanol–water partition coefficient (Wildman–Crippen LogP) is 3.51. The third-order valence-electron chi connectivity index (χ3n) is 7.98. The van der Waals surface area contributed by atoms with Crippen molar-refractivity contribution < 1.29 is 0 Å². The maximum Gasteiger partial charge on any atom is 0.0269 e. The van der Waals surface area contributed by atoms with Gasteiger partial charge in [-0.3, -0.25) is 9.80 Å². The van der Waals surface area contributed by atoms with Crippen molar-refractivity contribution in [3.8, 4) is 0 Å². The Bertz CT molecular complexity index is 549. The molecule has 0 aromatic heterocycles. The largest absolute Gasteiger partial charge is 0.309 e. The van der Waals surface area contributed by atoms with Crippen LogP contribution in [0.2, 0.25) is 0 Å². The summed E-state index contributed by atoms with van der Waals surface area (Å²) in [5.41, 5.74) is 2.60. The van der Waals surface area contributed by atoms with E-state index in [4.69, 9.17) is 0 Å². The van der Waals surface area contributed by atoms with Crippen molar-refractivity contribution >= 4 is 0 Å². The third kappa shape index (κ3) is 3.00. The number of likely N-dealkylation sites (tertiary alicyclic amines) is 1. The van der Waals surface area contributed by atoms with Crippen LogP contribution in [0.3, 0.4) is 0 Å². The van der Waals surface area contributed by atoms with Crippen LogP contribution >= 0.6 is 0 Å². The van der Waals surface area contributed by atoms with Gasteiger partial charge in [0, 0.05) is 55.3 Å². The first-order valence-corrected chi connectivity index (χ1v) is 10.7. The van der Waals surface area contributed by atoms with E-state index in [0.29, 0.717) is 17.0 Å². The molecule has 3 fully saturated rings. The molecule has 1 N–H and O–H groups in total. The number of hydrogen-bond acceptors (Lipinski definition) is 3. The van der Waals surface area contributed by atoms with Crippen LogP contribution < -0.4 is 5.32 Å². The molecule has 0 bridgehead atoms. The summed E-state index contributed by atoms with van der Waals surface area (Å²) in [7, 11) is 0. The summed E-state index contributed by atoms with van der Waals surface area (Å²) in [5.74, 6) is 1.66. The van der Waals surface area contributed by atoms with E-state index in [1.54, 1.807) is 5.57 Å². The van der Waals surface area contributed by atoms with E-state index in [1.807, 2.05) is 0 Å². The van der Waals surface area contributed by atoms with Crippen LogP contribution in [0.1, 0.15) is 60.8 Å². The molecule has 4 unspecified atom stereocenters. The van der Waals surface area contributed by atoms with E-state index < -0.39 is 0 Å². The normalized spacial score (nSPS) is 39.0. The molecule has 1 saturated carbocycles. The van der Waals surface area contributed by atoms with Gasteiger partial charge in [-0.15, -0.1) is 0 Å². The number of hydrogen-bond donors (Lipinski definition) is 1. The second kappa shape index (κ2) is 6.07. The number of nitrogens with one attached hydrogen (secondary N) is 1. The van der Waals surface area contributed by atoms with Crippen molar-refractivity contribution in [3.63, 3.8) is 0 Å². The number of piperidine rings is 1. The Morgan fingerprint density at radius 1 is 1.28 bits per heavy atom. The SMILES string of the molecule is CC(C)C1=CCN(C(C)(C)CC2NC3CN(C(C)C)CC34CC24)CC1. The first kappa shape index (κ1) is 18.0. The van der Waals surface area contributed by atoms with Crippen molar-refractivity contribution in [1.29, 1.82) is 0 Å². The van der Waals surface area contributed by atoms with Crippen LogP contribution in [-0.2, 0) is 0 Å². The van der Waals surface area contributed by atoms with Crippen LogP contribution in [0.25, 0.3) is 0 Å². The van der Waals surface area contributed by atoms with Gasteiger partial charge in [0.25, 0.3) is 0 Å². The van der Waals surface area contributed by atoms with E-state index in [-0.39, 0.29) is 0 Å². The molecule has 0 aromatic rings. The van der Waals surface area contributed by atoms with Crippen molar-refractivity contribution in [2.75, 3.05) is 26.2 Å². The first-order valence-electron chi connectivity index (χ1n) is 10.7. The van der Waals surface area contributed by atoms with E-state index in [1.165, 1.54) is 38.9 Å². The molecule has 25 heavy (non-hydrogen) atoms. The highest BCUT2D eigenvalue weighted by Crippen LogP contribution is 2.65. The molecule has 4 aliphatic rings. The highest BCUT2D eigenvalue weighted by Gasteiger charge is 2.70. The van der Waals surface area contributed by atoms with E-state index in [2.05, 4.69) is 62.7 Å². The van der Waals surface area contributed by atoms with Gasteiger partial charge < -0.3 is 5.32 Å². The topological polar surface area (TPSA) is 18.5 Å². The summed E-state index contributed by atoms with van der Waals surface area (Å²) in [6.45, 7) is 19.3. The van der Waals surface area contributed by atoms with Gasteiger partial charge in [-0.25, -0.2) is 0 Å². The molecular weight excluding hydrogens is 306 g/mol. The van der Waals surface area contributed by atoms with Gasteiger partial charge in [0.15, 0.2) is 0 Å². The lowest BCUT2D eigenvalue weighted by Crippen LogP contribution is -2.51. The molecule has 3 heteroatoms. The van der Waals surface area contributed by atoms with Crippen LogP contribution in [0.5, 0.6) is 0 Å². The third-order valence-corrected chi connectivity index (χ3v) is 7.98. The van der Waals surface area contributed by atoms with Crippen molar-refractivity contribution in [2.24, 2.45) is 17.3 Å². The Morgan fingerprint density at radius 2 is 2.04 bits per heavy atom. The molecule has 1 aliphatic carbocycles. The zero-order chi connectivity index (χ0) is 18.0. The van der Waals surface area contributed by atoms with Crippen molar-refractivity contribution in [3.05, 3.63) is 11.6 Å². The predicted molar refractivity (Wildman–Crippen MR) is 106 cm³/mol. The van der Waals surface area contributed by atoms with Gasteiger partial charge >= 0.3 is 0 Å². The molecule has 0 amide bonds. The Labute approximate surface area is 155 Å². The summed E-state index contributed by atoms with van der Waals surface area (Å²) in [4.78, 5) is 5.42. The average molecular weight is 346 g/mol. The van der Waals surface area contributed by atoms with E-state index in [9.17, 15) is 0 Å². The molecule has 3 aliphatic heterocycles. The Balaban J connectivity index is 1.37. The smallest absolute Gasteiger partial charge is 0.0269 e. The van der Waals surface area contributed by atoms with Crippen LogP contribution in [0.15, 0.2) is 11.6 Å². The van der Waals surface area contributed by atoms with Crippen LogP contribution in [0, 0.1) is 17.3 Å². The van der Waals surface area contributed by atoms with Crippen molar-refractivity contribution in [1.82, 2.24) is 15.1 Å². The summed E-state index contributed by atoms with van der Waals surface area (Å²) in [6, 6.07) is 2.20. The molecule has 4 rings (SSSR count). The molecular formula is C22H39N3. The fraction of sp³-hybridized carbons (Fsp3) is 0.909. The van der Waals surface area contributed by atoms with Crippen LogP contribution in [-0.4, -0.2) is 59.6 Å². The maximum absolute atomic E-state index is 4.07. The van der Waals surface area contributed by atoms with Gasteiger partial charge in [0.1, 0.15) is 0 Å². The Hall–Kier alpha value is -0.380. The van der Waals surface area contributed by atoms with E-state index >= 15 is 0 Å². The number of nitrogens with zero attached hydrogens (tertiary/aromatic N) is 2. The molecule has 2 saturated heterocycles. The standard InChI is InChI=1S/C22H39N3/c1-15(2)17-7-9-25(10-8-17)21(5,6)12-19-18-11-22(18)14-24(16(3)4)13-20(22)23-19/h7,15-16,18-20,23H,8-14H2,1-6H3. The minimum absolute atomic E-state index is 0.302. The average Bonchev–Trinajstić information content (AvgIpc) is 3.03. The minimum Gasteiger partial charge on any atom is -0.309 e. The second-order valence-electron chi connectivity index (χ2n) is 10.5. The minimum atomic E-state index is 0.302. The lowest BCUT2D eigenvalue weighted by molar-refractivity contribution is 0.105. The highest BCUT2D eigenvalue weighted by molar-refractivity contribution is 5.24. The molecule has 0 radical (unpaired) electrons. The fourth-order valence-electron chi connectivity index (χ4n) is 6.06. The molecule has 3 heterocycles. The summed E-state index contributed by atoms with van der Waals surface area (Å²) in [5, 5.41) is 4.07. The second-order valence-corrected chi connectivity index (χ2v) is 10.5. The lowest BCUT2D eigenvalue weighted by Gasteiger charge is -2.42. The Morgan fingerprint density at radius 3 is 2.60 bits per heavy atom. The van der Waals surface area contributed by atoms with Gasteiger partial charge in [-0.1, -0.05) is 25.5 Å². The quantitative estimate of drug-likeness (QED) is 0.769. The van der Waals surface area contributed by atoms with Gasteiger partial charge in [0.2, 0.25) is 0 Å². The van der Waals surface area contributed by atoms with Gasteiger partial charge in [-0.2, -0.15) is 0 Å². The van der Waals surface area contributed by atoms with Gasteiger partial charge in [0.05, 0.1) is 0 Å². The van der Waals surface area contributed by atoms with Gasteiger partial charge in [-0.05, 0) is 58.8 Å². The fourth-order valence-corrected chi connectivity index (χ4v) is 6.06. The maximum atomic E-state index is 4.07. The molecule has 142 valence electrons. The number of rotatable bonds is 5. The molecule has 4 atom stereocenters. The zero-order valence-corrected chi connectivity index (χ0v) is 17.3. The van der Waals surface area contributed by atoms with E-state index in [0.717, 1.165) is 30.5 Å². The van der Waals surface area contributed by atoms with Crippen molar-refractivity contribution in [2.45, 2.75) is 84.5 Å². The van der Waals surface area contributed by atoms with Crippen LogP contribution in [0.4, 0.5) is 0 Å². The first-order chi connectivity index (χ1) is 11.7. The highest BCUT2D eigenvalue weighted by atomic mass is 15.3. The summed E-state index contributed by atoms with van der Waals surface area (Å²) >= 11 is 0. The Kier molecular flexibility index (Phi) is 4.37.